The van der Waals surface area contributed by atoms with Crippen LogP contribution in [0.2, 0.25) is 5.02 Å². The lowest BCUT2D eigenvalue weighted by Crippen LogP contribution is -2.26. The Hall–Kier alpha value is -1.39. The molecule has 4 nitrogen and oxygen atoms in total. The van der Waals surface area contributed by atoms with Gasteiger partial charge in [-0.2, -0.15) is 5.10 Å². The van der Waals surface area contributed by atoms with E-state index in [4.69, 9.17) is 16.3 Å². The Morgan fingerprint density at radius 1 is 1.26 bits per heavy atom. The Bertz CT molecular complexity index is 561. The number of nitrogens with zero attached hydrogens (tertiary/aromatic N) is 3. The van der Waals surface area contributed by atoms with Crippen LogP contribution in [0.15, 0.2) is 24.3 Å². The van der Waals surface area contributed by atoms with Crippen LogP contribution in [0.1, 0.15) is 32.4 Å². The van der Waals surface area contributed by atoms with E-state index in [2.05, 4.69) is 10.1 Å². The van der Waals surface area contributed by atoms with Crippen LogP contribution in [0.3, 0.4) is 0 Å². The molecule has 2 aromatic rings. The Labute approximate surface area is 118 Å². The third-order valence-electron chi connectivity index (χ3n) is 2.83. The van der Waals surface area contributed by atoms with E-state index >= 15 is 0 Å². The molecule has 0 atom stereocenters. The molecule has 19 heavy (non-hydrogen) atoms. The van der Waals surface area contributed by atoms with E-state index in [-0.39, 0.29) is 0 Å². The molecule has 0 aliphatic carbocycles. The lowest BCUT2D eigenvalue weighted by molar-refractivity contribution is -0.0223. The molecule has 0 bridgehead atoms. The molecule has 0 spiro atoms. The number of hydrogen-bond donors (Lipinski definition) is 0. The van der Waals surface area contributed by atoms with E-state index in [0.717, 1.165) is 17.3 Å². The second-order valence-electron chi connectivity index (χ2n) is 4.81. The van der Waals surface area contributed by atoms with Crippen LogP contribution in [0.4, 0.5) is 0 Å². The van der Waals surface area contributed by atoms with E-state index in [1.807, 2.05) is 52.0 Å². The van der Waals surface area contributed by atoms with Crippen molar-refractivity contribution in [1.82, 2.24) is 14.8 Å². The molecule has 2 rings (SSSR count). The van der Waals surface area contributed by atoms with Crippen LogP contribution in [-0.4, -0.2) is 21.4 Å². The van der Waals surface area contributed by atoms with Gasteiger partial charge in [0.25, 0.3) is 0 Å². The summed E-state index contributed by atoms with van der Waals surface area (Å²) in [7, 11) is 0. The van der Waals surface area contributed by atoms with Crippen molar-refractivity contribution < 1.29 is 4.74 Å². The third-order valence-corrected chi connectivity index (χ3v) is 3.08. The van der Waals surface area contributed by atoms with Crippen molar-refractivity contribution in [2.24, 2.45) is 0 Å². The number of rotatable bonds is 4. The van der Waals surface area contributed by atoms with E-state index in [1.165, 1.54) is 0 Å². The highest BCUT2D eigenvalue weighted by molar-refractivity contribution is 6.30. The summed E-state index contributed by atoms with van der Waals surface area (Å²) in [6, 6.07) is 7.51. The molecule has 102 valence electrons. The van der Waals surface area contributed by atoms with Gasteiger partial charge in [-0.1, -0.05) is 11.6 Å². The van der Waals surface area contributed by atoms with Gasteiger partial charge in [0, 0.05) is 11.6 Å². The molecular weight excluding hydrogens is 262 g/mol. The van der Waals surface area contributed by atoms with Gasteiger partial charge in [-0.25, -0.2) is 9.67 Å². The quantitative estimate of drug-likeness (QED) is 0.860. The van der Waals surface area contributed by atoms with Crippen molar-refractivity contribution in [1.29, 1.82) is 0 Å². The van der Waals surface area contributed by atoms with Gasteiger partial charge in [0.15, 0.2) is 5.82 Å². The standard InChI is InChI=1S/C14H18ClN3O/c1-5-19-14(3,4)13-16-10(2)17-18(13)12-8-6-11(15)7-9-12/h6-9H,5H2,1-4H3. The van der Waals surface area contributed by atoms with E-state index in [0.29, 0.717) is 11.6 Å². The minimum Gasteiger partial charge on any atom is -0.368 e. The average Bonchev–Trinajstić information content (AvgIpc) is 2.73. The summed E-state index contributed by atoms with van der Waals surface area (Å²) in [5.41, 5.74) is 0.433. The third kappa shape index (κ3) is 2.96. The lowest BCUT2D eigenvalue weighted by atomic mass is 10.1. The Kier molecular flexibility index (Phi) is 3.92. The van der Waals surface area contributed by atoms with Crippen LogP contribution in [0, 0.1) is 6.92 Å². The molecule has 1 aromatic heterocycles. The first-order valence-corrected chi connectivity index (χ1v) is 6.66. The van der Waals surface area contributed by atoms with Gasteiger partial charge < -0.3 is 4.74 Å². The SMILES string of the molecule is CCOC(C)(C)c1nc(C)nn1-c1ccc(Cl)cc1. The number of ether oxygens (including phenoxy) is 1. The van der Waals surface area contributed by atoms with Gasteiger partial charge >= 0.3 is 0 Å². The maximum absolute atomic E-state index is 5.91. The first-order valence-electron chi connectivity index (χ1n) is 6.28. The molecular formula is C14H18ClN3O. The molecule has 0 radical (unpaired) electrons. The summed E-state index contributed by atoms with van der Waals surface area (Å²) in [6.07, 6.45) is 0. The second kappa shape index (κ2) is 5.31. The highest BCUT2D eigenvalue weighted by Crippen LogP contribution is 2.25. The lowest BCUT2D eigenvalue weighted by Gasteiger charge is -2.24. The van der Waals surface area contributed by atoms with Crippen LogP contribution in [0.25, 0.3) is 5.69 Å². The maximum atomic E-state index is 5.91. The van der Waals surface area contributed by atoms with Gasteiger partial charge in [0.05, 0.1) is 5.69 Å². The number of aromatic nitrogens is 3. The summed E-state index contributed by atoms with van der Waals surface area (Å²) in [4.78, 5) is 4.49. The van der Waals surface area contributed by atoms with Gasteiger partial charge in [0.2, 0.25) is 0 Å². The number of aryl methyl sites for hydroxylation is 1. The van der Waals surface area contributed by atoms with Crippen LogP contribution in [-0.2, 0) is 10.3 Å². The second-order valence-corrected chi connectivity index (χ2v) is 5.25. The average molecular weight is 280 g/mol. The fraction of sp³-hybridized carbons (Fsp3) is 0.429. The van der Waals surface area contributed by atoms with Crippen LogP contribution >= 0.6 is 11.6 Å². The van der Waals surface area contributed by atoms with Gasteiger partial charge in [-0.15, -0.1) is 0 Å². The molecule has 0 unspecified atom stereocenters. The highest BCUT2D eigenvalue weighted by atomic mass is 35.5. The van der Waals surface area contributed by atoms with Gasteiger partial charge in [-0.3, -0.25) is 0 Å². The van der Waals surface area contributed by atoms with E-state index < -0.39 is 5.60 Å². The molecule has 1 aromatic carbocycles. The molecule has 0 N–H and O–H groups in total. The molecule has 5 heteroatoms. The zero-order valence-corrected chi connectivity index (χ0v) is 12.4. The number of halogens is 1. The van der Waals surface area contributed by atoms with Gasteiger partial charge in [-0.05, 0) is 52.0 Å². The molecule has 1 heterocycles. The maximum Gasteiger partial charge on any atom is 0.164 e. The van der Waals surface area contributed by atoms with Crippen molar-refractivity contribution >= 4 is 11.6 Å². The highest BCUT2D eigenvalue weighted by Gasteiger charge is 2.28. The monoisotopic (exact) mass is 279 g/mol. The number of benzene rings is 1. The number of hydrogen-bond acceptors (Lipinski definition) is 3. The van der Waals surface area contributed by atoms with Crippen molar-refractivity contribution in [2.75, 3.05) is 6.61 Å². The van der Waals surface area contributed by atoms with E-state index in [1.54, 1.807) is 4.68 Å². The van der Waals surface area contributed by atoms with Crippen molar-refractivity contribution in [3.8, 4) is 5.69 Å². The topological polar surface area (TPSA) is 39.9 Å². The fourth-order valence-corrected chi connectivity index (χ4v) is 2.12. The molecule has 0 aliphatic heterocycles. The Morgan fingerprint density at radius 3 is 2.47 bits per heavy atom. The minimum atomic E-state index is -0.490. The predicted octanol–water partition coefficient (Wildman–Crippen LogP) is 3.50. The van der Waals surface area contributed by atoms with Crippen molar-refractivity contribution in [3.05, 3.63) is 40.9 Å². The predicted molar refractivity (Wildman–Crippen MR) is 75.8 cm³/mol. The van der Waals surface area contributed by atoms with E-state index in [9.17, 15) is 0 Å². The zero-order chi connectivity index (χ0) is 14.0. The summed E-state index contributed by atoms with van der Waals surface area (Å²) >= 11 is 5.91. The van der Waals surface area contributed by atoms with Crippen molar-refractivity contribution in [2.45, 2.75) is 33.3 Å². The molecule has 0 saturated heterocycles. The van der Waals surface area contributed by atoms with Crippen LogP contribution < -0.4 is 0 Å². The van der Waals surface area contributed by atoms with Crippen molar-refractivity contribution in [3.63, 3.8) is 0 Å². The minimum absolute atomic E-state index is 0.490. The summed E-state index contributed by atoms with van der Waals surface area (Å²) < 4.78 is 7.57. The molecule has 0 fully saturated rings. The Balaban J connectivity index is 2.49. The van der Waals surface area contributed by atoms with Gasteiger partial charge in [0.1, 0.15) is 11.4 Å². The Morgan fingerprint density at radius 2 is 1.89 bits per heavy atom. The first-order chi connectivity index (χ1) is 8.94. The molecule has 0 saturated carbocycles. The summed E-state index contributed by atoms with van der Waals surface area (Å²) in [5, 5.41) is 5.14. The summed E-state index contributed by atoms with van der Waals surface area (Å²) in [6.45, 7) is 8.45. The smallest absolute Gasteiger partial charge is 0.164 e. The first kappa shape index (κ1) is 14.0. The largest absolute Gasteiger partial charge is 0.368 e. The molecule has 0 amide bonds. The zero-order valence-electron chi connectivity index (χ0n) is 11.6. The fourth-order valence-electron chi connectivity index (χ4n) is 1.99. The normalized spacial score (nSPS) is 11.8. The summed E-state index contributed by atoms with van der Waals surface area (Å²) in [5.74, 6) is 1.51. The molecule has 0 aliphatic rings. The van der Waals surface area contributed by atoms with Crippen LogP contribution in [0.5, 0.6) is 0 Å².